The molecule has 1 fully saturated rings. The van der Waals surface area contributed by atoms with E-state index in [9.17, 15) is 18.4 Å². The summed E-state index contributed by atoms with van der Waals surface area (Å²) in [5, 5.41) is 3.25. The number of alkyl halides is 1. The van der Waals surface area contributed by atoms with Gasteiger partial charge in [0.1, 0.15) is 29.3 Å². The highest BCUT2D eigenvalue weighted by molar-refractivity contribution is 6.13. The molecule has 1 aliphatic rings. The molecule has 2 unspecified atom stereocenters. The second-order valence-corrected chi connectivity index (χ2v) is 9.99. The number of anilines is 2. The van der Waals surface area contributed by atoms with E-state index >= 15 is 4.39 Å². The Hall–Kier alpha value is -4.86. The number of halogens is 3. The predicted molar refractivity (Wildman–Crippen MR) is 167 cm³/mol. The van der Waals surface area contributed by atoms with Crippen LogP contribution in [0.1, 0.15) is 39.7 Å². The summed E-state index contributed by atoms with van der Waals surface area (Å²) >= 11 is 0. The molecule has 0 spiro atoms. The third-order valence-electron chi connectivity index (χ3n) is 6.92. The van der Waals surface area contributed by atoms with Gasteiger partial charge in [-0.25, -0.2) is 18.2 Å². The van der Waals surface area contributed by atoms with Crippen LogP contribution in [0.25, 0.3) is 11.0 Å². The average molecular weight is 605 g/mol. The minimum atomic E-state index is -1.12. The zero-order valence-corrected chi connectivity index (χ0v) is 25.0. The van der Waals surface area contributed by atoms with Crippen LogP contribution in [0.15, 0.2) is 84.7 Å². The van der Waals surface area contributed by atoms with Gasteiger partial charge in [0, 0.05) is 36.4 Å². The van der Waals surface area contributed by atoms with Gasteiger partial charge in [-0.1, -0.05) is 26.0 Å². The molecule has 0 aliphatic carbocycles. The second-order valence-electron chi connectivity index (χ2n) is 9.99. The van der Waals surface area contributed by atoms with E-state index in [1.807, 2.05) is 32.9 Å². The Bertz CT molecular complexity index is 1680. The minimum absolute atomic E-state index is 0.0753. The summed E-state index contributed by atoms with van der Waals surface area (Å²) in [7, 11) is 0. The lowest BCUT2D eigenvalue weighted by Gasteiger charge is -2.17. The van der Waals surface area contributed by atoms with Crippen molar-refractivity contribution in [1.82, 2.24) is 9.97 Å². The van der Waals surface area contributed by atoms with Crippen molar-refractivity contribution in [3.63, 3.8) is 0 Å². The summed E-state index contributed by atoms with van der Waals surface area (Å²) in [5.74, 6) is -2.77. The van der Waals surface area contributed by atoms with Crippen molar-refractivity contribution in [3.8, 4) is 11.5 Å². The van der Waals surface area contributed by atoms with E-state index < -0.39 is 35.5 Å². The zero-order valence-electron chi connectivity index (χ0n) is 25.0. The van der Waals surface area contributed by atoms with Crippen molar-refractivity contribution in [2.24, 2.45) is 5.92 Å². The number of carbonyl (C=O) groups excluding carboxylic acids is 2. The molecule has 1 saturated heterocycles. The van der Waals surface area contributed by atoms with E-state index in [1.165, 1.54) is 60.5 Å². The average Bonchev–Trinajstić information content (AvgIpc) is 3.59. The van der Waals surface area contributed by atoms with Gasteiger partial charge >= 0.3 is 0 Å². The Balaban J connectivity index is 0.00000216. The highest BCUT2D eigenvalue weighted by atomic mass is 19.1. The van der Waals surface area contributed by atoms with Crippen molar-refractivity contribution in [3.05, 3.63) is 102 Å². The molecule has 0 saturated carbocycles. The summed E-state index contributed by atoms with van der Waals surface area (Å²) in [5.41, 5.74) is 2.79. The van der Waals surface area contributed by atoms with Crippen molar-refractivity contribution >= 4 is 34.2 Å². The van der Waals surface area contributed by atoms with Crippen LogP contribution in [0.3, 0.4) is 0 Å². The van der Waals surface area contributed by atoms with Crippen LogP contribution in [0, 0.1) is 17.6 Å². The number of benzene rings is 2. The summed E-state index contributed by atoms with van der Waals surface area (Å²) < 4.78 is 48.1. The van der Waals surface area contributed by atoms with Gasteiger partial charge in [0.2, 0.25) is 11.8 Å². The summed E-state index contributed by atoms with van der Waals surface area (Å²) in [6.07, 6.45) is 8.05. The van der Waals surface area contributed by atoms with Crippen molar-refractivity contribution in [2.45, 2.75) is 46.7 Å². The minimum Gasteiger partial charge on any atom is -0.453 e. The van der Waals surface area contributed by atoms with Crippen LogP contribution in [0.4, 0.5) is 24.5 Å². The van der Waals surface area contributed by atoms with E-state index in [0.29, 0.717) is 35.4 Å². The van der Waals surface area contributed by atoms with Gasteiger partial charge in [0.25, 0.3) is 0 Å². The van der Waals surface area contributed by atoms with Crippen LogP contribution in [0.2, 0.25) is 0 Å². The number of pyridine rings is 1. The molecule has 10 heteroatoms. The van der Waals surface area contributed by atoms with Gasteiger partial charge in [0.05, 0.1) is 5.39 Å². The van der Waals surface area contributed by atoms with Crippen molar-refractivity contribution in [2.75, 3.05) is 16.8 Å². The predicted octanol–water partition coefficient (Wildman–Crippen LogP) is 8.05. The third-order valence-corrected chi connectivity index (χ3v) is 6.92. The molecule has 2 N–H and O–H groups in total. The van der Waals surface area contributed by atoms with Crippen molar-refractivity contribution < 1.29 is 27.5 Å². The van der Waals surface area contributed by atoms with E-state index in [1.54, 1.807) is 12.3 Å². The number of amides is 2. The number of hydrogen-bond donors (Lipinski definition) is 2. The highest BCUT2D eigenvalue weighted by Gasteiger charge is 2.37. The quantitative estimate of drug-likeness (QED) is 0.150. The number of H-pyrrole nitrogens is 1. The number of fused-ring (bicyclic) bond motifs is 1. The number of allylic oxidation sites excluding steroid dienone is 4. The molecule has 2 aromatic carbocycles. The Morgan fingerprint density at radius 2 is 1.91 bits per heavy atom. The van der Waals surface area contributed by atoms with E-state index in [2.05, 4.69) is 15.3 Å². The normalized spacial score (nSPS) is 15.8. The van der Waals surface area contributed by atoms with Crippen LogP contribution < -0.4 is 15.0 Å². The fourth-order valence-corrected chi connectivity index (χ4v) is 5.03. The summed E-state index contributed by atoms with van der Waals surface area (Å²) in [4.78, 5) is 34.6. The van der Waals surface area contributed by atoms with Crippen LogP contribution in [0.5, 0.6) is 11.5 Å². The lowest BCUT2D eigenvalue weighted by molar-refractivity contribution is -0.129. The monoisotopic (exact) mass is 604 g/mol. The molecule has 4 aromatic rings. The second kappa shape index (κ2) is 14.5. The van der Waals surface area contributed by atoms with Crippen LogP contribution >= 0.6 is 0 Å². The molecule has 7 nitrogen and oxygen atoms in total. The lowest BCUT2D eigenvalue weighted by Crippen LogP contribution is -2.33. The first-order valence-electron chi connectivity index (χ1n) is 14.5. The molecular formula is C34H35F3N4O3. The number of aromatic amines is 1. The molecular weight excluding hydrogens is 569 g/mol. The van der Waals surface area contributed by atoms with Crippen molar-refractivity contribution in [1.29, 1.82) is 0 Å². The molecule has 0 bridgehead atoms. The third kappa shape index (κ3) is 7.37. The molecule has 1 aliphatic heterocycles. The first-order valence-corrected chi connectivity index (χ1v) is 14.5. The van der Waals surface area contributed by atoms with Crippen LogP contribution in [-0.2, 0) is 16.0 Å². The molecule has 44 heavy (non-hydrogen) atoms. The fourth-order valence-electron chi connectivity index (χ4n) is 5.03. The zero-order chi connectivity index (χ0) is 31.8. The Morgan fingerprint density at radius 3 is 2.59 bits per heavy atom. The first kappa shape index (κ1) is 32.1. The number of nitrogens with zero attached hydrogens (tertiary/aromatic N) is 2. The highest BCUT2D eigenvalue weighted by Crippen LogP contribution is 2.35. The molecule has 5 rings (SSSR count). The first-order chi connectivity index (χ1) is 21.2. The SMILES string of the molecule is C/C=C\C(=C/C(C)F)Cc1c[nH]c2nccc(Oc3ccc(NC(=O)C4CCN(c5ccc(F)cc5)C4=O)cc3F)c12.CC. The number of rotatable bonds is 9. The topological polar surface area (TPSA) is 87.3 Å². The Morgan fingerprint density at radius 1 is 1.16 bits per heavy atom. The van der Waals surface area contributed by atoms with E-state index in [-0.39, 0.29) is 17.9 Å². The summed E-state index contributed by atoms with van der Waals surface area (Å²) in [6, 6.07) is 11.1. The molecule has 230 valence electrons. The smallest absolute Gasteiger partial charge is 0.239 e. The molecule has 2 atom stereocenters. The largest absolute Gasteiger partial charge is 0.453 e. The van der Waals surface area contributed by atoms with Gasteiger partial charge in [-0.15, -0.1) is 0 Å². The number of aromatic nitrogens is 2. The fraction of sp³-hybridized carbons (Fsp3) is 0.265. The molecule has 0 radical (unpaired) electrons. The number of hydrogen-bond acceptors (Lipinski definition) is 4. The van der Waals surface area contributed by atoms with Crippen LogP contribution in [-0.4, -0.2) is 34.5 Å². The number of carbonyl (C=O) groups is 2. The maximum absolute atomic E-state index is 15.2. The van der Waals surface area contributed by atoms with E-state index in [0.717, 1.165) is 17.2 Å². The maximum atomic E-state index is 15.2. The Kier molecular flexibility index (Phi) is 10.6. The maximum Gasteiger partial charge on any atom is 0.239 e. The number of nitrogens with one attached hydrogen (secondary N) is 2. The van der Waals surface area contributed by atoms with E-state index in [4.69, 9.17) is 4.74 Å². The van der Waals surface area contributed by atoms with Gasteiger partial charge in [-0.05, 0) is 86.4 Å². The Labute approximate surface area is 254 Å². The van der Waals surface area contributed by atoms with Gasteiger partial charge < -0.3 is 19.9 Å². The van der Waals surface area contributed by atoms with Gasteiger partial charge in [0.15, 0.2) is 11.6 Å². The molecule has 3 heterocycles. The van der Waals surface area contributed by atoms with Gasteiger partial charge in [-0.3, -0.25) is 9.59 Å². The standard InChI is InChI=1S/C32H29F3N4O3.C2H6/c1-3-4-20(15-19(2)33)16-21-18-37-30-29(21)28(11-13-36-30)42-27-10-7-23(17-26(27)35)38-31(40)25-12-14-39(32(25)41)24-8-5-22(34)6-9-24;1-2/h3-11,13,15,17-19,25H,12,14,16H2,1-2H3,(H,36,37)(H,38,40);1-2H3/b4-3-,20-15+;. The van der Waals surface area contributed by atoms with Gasteiger partial charge in [-0.2, -0.15) is 0 Å². The molecule has 2 amide bonds. The lowest BCUT2D eigenvalue weighted by atomic mass is 10.0. The molecule has 2 aromatic heterocycles. The number of ether oxygens (including phenoxy) is 1. The summed E-state index contributed by atoms with van der Waals surface area (Å²) in [6.45, 7) is 7.62.